The lowest BCUT2D eigenvalue weighted by Gasteiger charge is -2.18. The van der Waals surface area contributed by atoms with E-state index in [1.807, 2.05) is 0 Å². The number of carbonyl (C=O) groups excluding carboxylic acids is 3. The van der Waals surface area contributed by atoms with Crippen LogP contribution in [0.3, 0.4) is 0 Å². The first-order valence-electron chi connectivity index (χ1n) is 33.8. The molecule has 6 nitrogen and oxygen atoms in total. The summed E-state index contributed by atoms with van der Waals surface area (Å²) in [6.07, 6.45) is 83.7. The third-order valence-electron chi connectivity index (χ3n) is 15.0. The summed E-state index contributed by atoms with van der Waals surface area (Å²) in [5.41, 5.74) is 0. The summed E-state index contributed by atoms with van der Waals surface area (Å²) >= 11 is 0. The summed E-state index contributed by atoms with van der Waals surface area (Å²) in [7, 11) is 0. The SMILES string of the molecule is CCCCCCC/C=C\C/C=C\C/C=C\CCCCCCCCCCC(=O)OCC(COC(=O)CCCCCCCCC/C=C\CCCCCCCCC)OC(=O)CCCCCCCCC/C=C\CCCCCCCCC. The molecule has 448 valence electrons. The van der Waals surface area contributed by atoms with Gasteiger partial charge in [-0.2, -0.15) is 0 Å². The summed E-state index contributed by atoms with van der Waals surface area (Å²) in [4.78, 5) is 38.4. The molecule has 0 aliphatic rings. The smallest absolute Gasteiger partial charge is 0.306 e. The Morgan fingerprint density at radius 3 is 0.740 bits per heavy atom. The molecule has 0 radical (unpaired) electrons. The lowest BCUT2D eigenvalue weighted by atomic mass is 10.1. The molecular formula is C71H128O6. The maximum Gasteiger partial charge on any atom is 0.306 e. The first kappa shape index (κ1) is 74.1. The van der Waals surface area contributed by atoms with E-state index >= 15 is 0 Å². The molecular weight excluding hydrogens is 949 g/mol. The highest BCUT2D eigenvalue weighted by molar-refractivity contribution is 5.71. The van der Waals surface area contributed by atoms with Crippen molar-refractivity contribution in [3.8, 4) is 0 Å². The van der Waals surface area contributed by atoms with Gasteiger partial charge in [-0.1, -0.05) is 287 Å². The highest BCUT2D eigenvalue weighted by Crippen LogP contribution is 2.17. The highest BCUT2D eigenvalue weighted by atomic mass is 16.6. The number of rotatable bonds is 62. The average molecular weight is 1080 g/mol. The molecule has 0 saturated carbocycles. The third-order valence-corrected chi connectivity index (χ3v) is 15.0. The fourth-order valence-electron chi connectivity index (χ4n) is 9.85. The molecule has 0 aliphatic heterocycles. The molecule has 0 spiro atoms. The topological polar surface area (TPSA) is 78.9 Å². The molecule has 0 aromatic heterocycles. The molecule has 0 aromatic carbocycles. The van der Waals surface area contributed by atoms with Crippen molar-refractivity contribution in [2.45, 2.75) is 361 Å². The number of carbonyl (C=O) groups is 3. The number of unbranched alkanes of at least 4 members (excludes halogenated alkanes) is 41. The molecule has 1 atom stereocenters. The molecule has 0 heterocycles. The minimum Gasteiger partial charge on any atom is -0.462 e. The Morgan fingerprint density at radius 2 is 0.468 bits per heavy atom. The minimum atomic E-state index is -0.783. The maximum atomic E-state index is 12.9. The van der Waals surface area contributed by atoms with E-state index in [-0.39, 0.29) is 31.1 Å². The number of ether oxygens (including phenoxy) is 3. The van der Waals surface area contributed by atoms with E-state index in [4.69, 9.17) is 14.2 Å². The van der Waals surface area contributed by atoms with Gasteiger partial charge in [0.1, 0.15) is 13.2 Å². The summed E-state index contributed by atoms with van der Waals surface area (Å²) in [5.74, 6) is -0.874. The van der Waals surface area contributed by atoms with Gasteiger partial charge in [-0.25, -0.2) is 0 Å². The van der Waals surface area contributed by atoms with E-state index in [1.165, 1.54) is 238 Å². The minimum absolute atomic E-state index is 0.0786. The van der Waals surface area contributed by atoms with Crippen molar-refractivity contribution in [3.63, 3.8) is 0 Å². The number of allylic oxidation sites excluding steroid dienone is 10. The van der Waals surface area contributed by atoms with Gasteiger partial charge in [0.25, 0.3) is 0 Å². The third kappa shape index (κ3) is 63.8. The zero-order valence-electron chi connectivity index (χ0n) is 51.5. The van der Waals surface area contributed by atoms with Crippen molar-refractivity contribution < 1.29 is 28.6 Å². The Balaban J connectivity index is 4.37. The van der Waals surface area contributed by atoms with Gasteiger partial charge >= 0.3 is 17.9 Å². The van der Waals surface area contributed by atoms with Crippen LogP contribution in [0, 0.1) is 0 Å². The van der Waals surface area contributed by atoms with Crippen molar-refractivity contribution in [3.05, 3.63) is 60.8 Å². The van der Waals surface area contributed by atoms with E-state index in [2.05, 4.69) is 81.5 Å². The van der Waals surface area contributed by atoms with E-state index in [1.54, 1.807) is 0 Å². The second kappa shape index (κ2) is 65.6. The van der Waals surface area contributed by atoms with E-state index in [0.717, 1.165) is 77.0 Å². The van der Waals surface area contributed by atoms with E-state index in [9.17, 15) is 14.4 Å². The summed E-state index contributed by atoms with van der Waals surface area (Å²) in [6.45, 7) is 6.66. The van der Waals surface area contributed by atoms with Gasteiger partial charge < -0.3 is 14.2 Å². The number of esters is 3. The summed E-state index contributed by atoms with van der Waals surface area (Å²) < 4.78 is 17.0. The highest BCUT2D eigenvalue weighted by Gasteiger charge is 2.19. The zero-order chi connectivity index (χ0) is 55.7. The standard InChI is InChI=1S/C71H128O6/c1-4-7-10-13-16-19-22-25-28-31-34-35-36-37-38-41-43-46-49-52-55-58-61-64-70(73)76-67-68(77-71(74)65-62-59-56-53-50-47-44-40-33-30-27-24-21-18-15-12-9-6-3)66-75-69(72)63-60-57-54-51-48-45-42-39-32-29-26-23-20-17-14-11-8-5-2/h22,25,29-34,36-37,68H,4-21,23-24,26-28,35,38-67H2,1-3H3/b25-22-,32-29-,33-30-,34-31-,37-36-. The van der Waals surface area contributed by atoms with Crippen molar-refractivity contribution in [2.75, 3.05) is 13.2 Å². The van der Waals surface area contributed by atoms with Crippen LogP contribution in [0.4, 0.5) is 0 Å². The molecule has 0 N–H and O–H groups in total. The number of hydrogen-bond acceptors (Lipinski definition) is 6. The van der Waals surface area contributed by atoms with Crippen molar-refractivity contribution in [1.82, 2.24) is 0 Å². The van der Waals surface area contributed by atoms with Crippen LogP contribution in [0.2, 0.25) is 0 Å². The largest absolute Gasteiger partial charge is 0.462 e. The van der Waals surface area contributed by atoms with Gasteiger partial charge in [0, 0.05) is 19.3 Å². The Hall–Kier alpha value is -2.89. The van der Waals surface area contributed by atoms with Crippen LogP contribution in [-0.4, -0.2) is 37.2 Å². The zero-order valence-corrected chi connectivity index (χ0v) is 51.5. The second-order valence-electron chi connectivity index (χ2n) is 22.7. The Bertz CT molecular complexity index is 1380. The molecule has 0 saturated heterocycles. The van der Waals surface area contributed by atoms with Crippen LogP contribution in [0.25, 0.3) is 0 Å². The maximum absolute atomic E-state index is 12.9. The van der Waals surface area contributed by atoms with Crippen molar-refractivity contribution in [1.29, 1.82) is 0 Å². The molecule has 1 unspecified atom stereocenters. The molecule has 0 aliphatic carbocycles. The Kier molecular flexibility index (Phi) is 63.2. The van der Waals surface area contributed by atoms with Gasteiger partial charge in [-0.3, -0.25) is 14.4 Å². The lowest BCUT2D eigenvalue weighted by molar-refractivity contribution is -0.167. The molecule has 0 aromatic rings. The van der Waals surface area contributed by atoms with Crippen molar-refractivity contribution in [2.24, 2.45) is 0 Å². The normalized spacial score (nSPS) is 12.4. The number of hydrogen-bond donors (Lipinski definition) is 0. The fourth-order valence-corrected chi connectivity index (χ4v) is 9.85. The summed E-state index contributed by atoms with van der Waals surface area (Å²) in [5, 5.41) is 0. The molecule has 0 amide bonds. The van der Waals surface area contributed by atoms with Crippen LogP contribution in [0.15, 0.2) is 60.8 Å². The first-order chi connectivity index (χ1) is 38.0. The van der Waals surface area contributed by atoms with Crippen LogP contribution in [0.5, 0.6) is 0 Å². The van der Waals surface area contributed by atoms with Crippen LogP contribution in [-0.2, 0) is 28.6 Å². The van der Waals surface area contributed by atoms with Gasteiger partial charge in [-0.15, -0.1) is 0 Å². The predicted molar refractivity (Wildman–Crippen MR) is 335 cm³/mol. The van der Waals surface area contributed by atoms with E-state index in [0.29, 0.717) is 19.3 Å². The first-order valence-corrected chi connectivity index (χ1v) is 33.8. The Morgan fingerprint density at radius 1 is 0.260 bits per heavy atom. The van der Waals surface area contributed by atoms with Gasteiger partial charge in [0.2, 0.25) is 0 Å². The van der Waals surface area contributed by atoms with Crippen LogP contribution >= 0.6 is 0 Å². The Labute approximate surface area is 479 Å². The summed E-state index contributed by atoms with van der Waals surface area (Å²) in [6, 6.07) is 0. The van der Waals surface area contributed by atoms with Gasteiger partial charge in [-0.05, 0) is 109 Å². The van der Waals surface area contributed by atoms with Crippen molar-refractivity contribution >= 4 is 17.9 Å². The average Bonchev–Trinajstić information content (AvgIpc) is 3.43. The molecule has 0 fully saturated rings. The molecule has 77 heavy (non-hydrogen) atoms. The molecule has 0 rings (SSSR count). The quantitative estimate of drug-likeness (QED) is 0.0261. The van der Waals surface area contributed by atoms with Crippen LogP contribution in [0.1, 0.15) is 355 Å². The van der Waals surface area contributed by atoms with Crippen LogP contribution < -0.4 is 0 Å². The molecule has 0 bridgehead atoms. The fraction of sp³-hybridized carbons (Fsp3) is 0.817. The second-order valence-corrected chi connectivity index (χ2v) is 22.7. The molecule has 6 heteroatoms. The van der Waals surface area contributed by atoms with Gasteiger partial charge in [0.05, 0.1) is 0 Å². The monoisotopic (exact) mass is 1080 g/mol. The van der Waals surface area contributed by atoms with Gasteiger partial charge in [0.15, 0.2) is 6.10 Å². The lowest BCUT2D eigenvalue weighted by Crippen LogP contribution is -2.30. The van der Waals surface area contributed by atoms with E-state index < -0.39 is 6.10 Å². The predicted octanol–water partition coefficient (Wildman–Crippen LogP) is 23.1.